The fourth-order valence-corrected chi connectivity index (χ4v) is 3.59. The molecule has 37 heavy (non-hydrogen) atoms. The summed E-state index contributed by atoms with van der Waals surface area (Å²) in [7, 11) is 3.64. The van der Waals surface area contributed by atoms with Crippen molar-refractivity contribution in [3.8, 4) is 17.2 Å². The van der Waals surface area contributed by atoms with Crippen molar-refractivity contribution in [2.75, 3.05) is 25.1 Å². The molecule has 2 aromatic heterocycles. The molecule has 0 fully saturated rings. The molecular weight excluding hydrogens is 492 g/mol. The lowest BCUT2D eigenvalue weighted by Crippen LogP contribution is -2.20. The quantitative estimate of drug-likeness (QED) is 0.333. The molecular formula is C25H22F4N6O2. The molecule has 0 aliphatic heterocycles. The molecule has 2 aromatic carbocycles. The molecule has 2 heterocycles. The SMILES string of the molecule is CN(C)Cc1c(Oc2ccc(NC(=O)c3cnn(-c4ccccc4)c3C(F)(F)F)cc2F)ccnc1N. The van der Waals surface area contributed by atoms with Crippen molar-refractivity contribution in [3.63, 3.8) is 0 Å². The summed E-state index contributed by atoms with van der Waals surface area (Å²) in [6.45, 7) is 0.392. The van der Waals surface area contributed by atoms with E-state index in [1.807, 2.05) is 19.0 Å². The van der Waals surface area contributed by atoms with E-state index in [1.165, 1.54) is 36.5 Å². The Balaban J connectivity index is 1.58. The number of aromatic nitrogens is 3. The molecule has 0 spiro atoms. The number of carbonyl (C=O) groups is 1. The zero-order chi connectivity index (χ0) is 26.7. The monoisotopic (exact) mass is 514 g/mol. The number of para-hydroxylation sites is 1. The van der Waals surface area contributed by atoms with Crippen LogP contribution in [-0.2, 0) is 12.7 Å². The summed E-state index contributed by atoms with van der Waals surface area (Å²) < 4.78 is 62.7. The van der Waals surface area contributed by atoms with Crippen LogP contribution in [0.2, 0.25) is 0 Å². The summed E-state index contributed by atoms with van der Waals surface area (Å²) >= 11 is 0. The first kappa shape index (κ1) is 25.6. The molecule has 0 unspecified atom stereocenters. The Morgan fingerprint density at radius 2 is 1.84 bits per heavy atom. The second-order valence-corrected chi connectivity index (χ2v) is 8.26. The van der Waals surface area contributed by atoms with Gasteiger partial charge in [-0.15, -0.1) is 0 Å². The van der Waals surface area contributed by atoms with Crippen LogP contribution < -0.4 is 15.8 Å². The van der Waals surface area contributed by atoms with Gasteiger partial charge in [0.2, 0.25) is 0 Å². The van der Waals surface area contributed by atoms with E-state index in [-0.39, 0.29) is 22.9 Å². The maximum absolute atomic E-state index is 14.8. The number of carbonyl (C=O) groups excluding carboxylic acids is 1. The van der Waals surface area contributed by atoms with E-state index < -0.39 is 29.2 Å². The third-order valence-corrected chi connectivity index (χ3v) is 5.21. The zero-order valence-corrected chi connectivity index (χ0v) is 19.8. The average molecular weight is 514 g/mol. The van der Waals surface area contributed by atoms with Gasteiger partial charge in [0.25, 0.3) is 5.91 Å². The van der Waals surface area contributed by atoms with Gasteiger partial charge >= 0.3 is 6.18 Å². The number of halogens is 4. The van der Waals surface area contributed by atoms with Gasteiger partial charge in [-0.05, 0) is 44.4 Å². The highest BCUT2D eigenvalue weighted by Crippen LogP contribution is 2.35. The predicted molar refractivity (Wildman–Crippen MR) is 129 cm³/mol. The number of ether oxygens (including phenoxy) is 1. The molecule has 0 aliphatic rings. The highest BCUT2D eigenvalue weighted by atomic mass is 19.4. The highest BCUT2D eigenvalue weighted by Gasteiger charge is 2.40. The van der Waals surface area contributed by atoms with Crippen molar-refractivity contribution in [2.45, 2.75) is 12.7 Å². The number of amides is 1. The number of benzene rings is 2. The highest BCUT2D eigenvalue weighted by molar-refractivity contribution is 6.05. The molecule has 0 bridgehead atoms. The van der Waals surface area contributed by atoms with Gasteiger partial charge in [0.1, 0.15) is 11.6 Å². The summed E-state index contributed by atoms with van der Waals surface area (Å²) in [4.78, 5) is 18.6. The van der Waals surface area contributed by atoms with Gasteiger partial charge in [0, 0.05) is 24.5 Å². The summed E-state index contributed by atoms with van der Waals surface area (Å²) in [5.74, 6) is -1.60. The molecule has 0 saturated carbocycles. The normalized spacial score (nSPS) is 11.5. The molecule has 8 nitrogen and oxygen atoms in total. The van der Waals surface area contributed by atoms with E-state index >= 15 is 0 Å². The second kappa shape index (κ2) is 10.3. The van der Waals surface area contributed by atoms with Gasteiger partial charge < -0.3 is 20.7 Å². The van der Waals surface area contributed by atoms with Gasteiger partial charge in [0.05, 0.1) is 23.0 Å². The minimum Gasteiger partial charge on any atom is -0.454 e. The molecule has 192 valence electrons. The van der Waals surface area contributed by atoms with Crippen molar-refractivity contribution < 1.29 is 27.1 Å². The Morgan fingerprint density at radius 1 is 1.11 bits per heavy atom. The third kappa shape index (κ3) is 5.70. The fraction of sp³-hybridized carbons (Fsp3) is 0.160. The Hall–Kier alpha value is -4.45. The number of nitrogens with one attached hydrogen (secondary N) is 1. The molecule has 0 radical (unpaired) electrons. The van der Waals surface area contributed by atoms with E-state index in [1.54, 1.807) is 18.2 Å². The first-order valence-electron chi connectivity index (χ1n) is 10.9. The van der Waals surface area contributed by atoms with E-state index in [0.717, 1.165) is 12.3 Å². The van der Waals surface area contributed by atoms with Gasteiger partial charge in [-0.3, -0.25) is 4.79 Å². The summed E-state index contributed by atoms with van der Waals surface area (Å²) in [5.41, 5.74) is 4.59. The van der Waals surface area contributed by atoms with E-state index in [9.17, 15) is 22.4 Å². The van der Waals surface area contributed by atoms with Crippen molar-refractivity contribution in [1.29, 1.82) is 0 Å². The minimum absolute atomic E-state index is 0.0711. The number of hydrogen-bond acceptors (Lipinski definition) is 6. The molecule has 0 aliphatic carbocycles. The smallest absolute Gasteiger partial charge is 0.434 e. The number of alkyl halides is 3. The largest absolute Gasteiger partial charge is 0.454 e. The second-order valence-electron chi connectivity index (χ2n) is 8.26. The number of nitrogen functional groups attached to an aromatic ring is 1. The van der Waals surface area contributed by atoms with Gasteiger partial charge in [-0.2, -0.15) is 18.3 Å². The standard InChI is InChI=1S/C25H22F4N6O2/c1-34(2)14-18-20(10-11-31-23(18)30)37-21-9-8-15(12-19(21)26)33-24(36)17-13-32-35(22(17)25(27,28)29)16-6-4-3-5-7-16/h3-13H,14H2,1-2H3,(H2,30,31)(H,33,36). The molecule has 3 N–H and O–H groups in total. The van der Waals surface area contributed by atoms with Gasteiger partial charge in [-0.25, -0.2) is 14.1 Å². The summed E-state index contributed by atoms with van der Waals surface area (Å²) in [6.07, 6.45) is -2.64. The molecule has 4 aromatic rings. The Kier molecular flexibility index (Phi) is 7.11. The lowest BCUT2D eigenvalue weighted by molar-refractivity contribution is -0.143. The number of anilines is 2. The fourth-order valence-electron chi connectivity index (χ4n) is 3.59. The minimum atomic E-state index is -4.88. The van der Waals surface area contributed by atoms with Crippen LogP contribution >= 0.6 is 0 Å². The maximum Gasteiger partial charge on any atom is 0.434 e. The summed E-state index contributed by atoms with van der Waals surface area (Å²) in [6, 6.07) is 12.6. The van der Waals surface area contributed by atoms with Crippen LogP contribution in [0.4, 0.5) is 29.1 Å². The van der Waals surface area contributed by atoms with E-state index in [0.29, 0.717) is 22.5 Å². The maximum atomic E-state index is 14.8. The lowest BCUT2D eigenvalue weighted by atomic mass is 10.2. The van der Waals surface area contributed by atoms with E-state index in [4.69, 9.17) is 10.5 Å². The number of pyridine rings is 1. The van der Waals surface area contributed by atoms with Crippen LogP contribution in [0.1, 0.15) is 21.6 Å². The van der Waals surface area contributed by atoms with Crippen molar-refractivity contribution in [3.05, 3.63) is 89.6 Å². The topological polar surface area (TPSA) is 98.3 Å². The van der Waals surface area contributed by atoms with Crippen LogP contribution in [0.3, 0.4) is 0 Å². The van der Waals surface area contributed by atoms with Crippen LogP contribution in [0.15, 0.2) is 67.0 Å². The molecule has 4 rings (SSSR count). The summed E-state index contributed by atoms with van der Waals surface area (Å²) in [5, 5.41) is 6.04. The lowest BCUT2D eigenvalue weighted by Gasteiger charge is -2.16. The number of hydrogen-bond donors (Lipinski definition) is 2. The first-order valence-corrected chi connectivity index (χ1v) is 10.9. The molecule has 0 atom stereocenters. The third-order valence-electron chi connectivity index (χ3n) is 5.21. The van der Waals surface area contributed by atoms with E-state index in [2.05, 4.69) is 15.4 Å². The Labute approximate surface area is 209 Å². The number of nitrogens with zero attached hydrogens (tertiary/aromatic N) is 4. The molecule has 0 saturated heterocycles. The number of nitrogens with two attached hydrogens (primary N) is 1. The zero-order valence-electron chi connectivity index (χ0n) is 19.8. The average Bonchev–Trinajstić information content (AvgIpc) is 3.30. The molecule has 1 amide bonds. The first-order chi connectivity index (χ1) is 17.5. The van der Waals surface area contributed by atoms with Crippen LogP contribution in [-0.4, -0.2) is 39.7 Å². The van der Waals surface area contributed by atoms with Gasteiger partial charge in [0.15, 0.2) is 17.3 Å². The van der Waals surface area contributed by atoms with Crippen LogP contribution in [0.5, 0.6) is 11.5 Å². The van der Waals surface area contributed by atoms with Gasteiger partial charge in [-0.1, -0.05) is 18.2 Å². The van der Waals surface area contributed by atoms with Crippen molar-refractivity contribution >= 4 is 17.4 Å². The Morgan fingerprint density at radius 3 is 2.49 bits per heavy atom. The Bertz CT molecular complexity index is 1420. The van der Waals surface area contributed by atoms with Crippen molar-refractivity contribution in [1.82, 2.24) is 19.7 Å². The van der Waals surface area contributed by atoms with Crippen LogP contribution in [0, 0.1) is 5.82 Å². The van der Waals surface area contributed by atoms with Crippen LogP contribution in [0.25, 0.3) is 5.69 Å². The molecule has 12 heteroatoms. The number of rotatable bonds is 7. The predicted octanol–water partition coefficient (Wildman–Crippen LogP) is 5.11. The van der Waals surface area contributed by atoms with Crippen molar-refractivity contribution in [2.24, 2.45) is 0 Å².